The highest BCUT2D eigenvalue weighted by Crippen LogP contribution is 2.54. The minimum Gasteiger partial charge on any atom is -0.462 e. The first kappa shape index (κ1) is 17.9. The molecule has 3 aliphatic rings. The van der Waals surface area contributed by atoms with Gasteiger partial charge in [-0.05, 0) is 45.1 Å². The van der Waals surface area contributed by atoms with E-state index in [-0.39, 0.29) is 35.6 Å². The third kappa shape index (κ3) is 2.55. The summed E-state index contributed by atoms with van der Waals surface area (Å²) >= 11 is 0. The average Bonchev–Trinajstić information content (AvgIpc) is 2.99. The van der Waals surface area contributed by atoms with Crippen molar-refractivity contribution in [2.24, 2.45) is 29.1 Å². The molecule has 3 rings (SSSR count). The summed E-state index contributed by atoms with van der Waals surface area (Å²) in [5, 5.41) is 0. The molecule has 2 aliphatic carbocycles. The molecule has 0 amide bonds. The van der Waals surface area contributed by atoms with E-state index in [1.165, 1.54) is 0 Å². The molecule has 136 valence electrons. The Hall–Kier alpha value is -1.91. The van der Waals surface area contributed by atoms with Crippen LogP contribution in [0.2, 0.25) is 0 Å². The van der Waals surface area contributed by atoms with Crippen LogP contribution in [0.3, 0.4) is 0 Å². The van der Waals surface area contributed by atoms with Crippen LogP contribution in [-0.4, -0.2) is 29.9 Å². The van der Waals surface area contributed by atoms with Crippen molar-refractivity contribution >= 4 is 17.7 Å². The van der Waals surface area contributed by atoms with Crippen LogP contribution in [0.5, 0.6) is 0 Å². The zero-order chi connectivity index (χ0) is 18.5. The molecule has 1 heterocycles. The van der Waals surface area contributed by atoms with E-state index in [1.807, 2.05) is 13.0 Å². The Kier molecular flexibility index (Phi) is 4.38. The molecule has 1 unspecified atom stereocenters. The van der Waals surface area contributed by atoms with Crippen LogP contribution in [0.4, 0.5) is 0 Å². The van der Waals surface area contributed by atoms with E-state index in [2.05, 4.69) is 6.92 Å². The number of hydrogen-bond donors (Lipinski definition) is 0. The average molecular weight is 346 g/mol. The van der Waals surface area contributed by atoms with Gasteiger partial charge in [-0.3, -0.25) is 9.59 Å². The Labute approximate surface area is 148 Å². The highest BCUT2D eigenvalue weighted by atomic mass is 16.6. The van der Waals surface area contributed by atoms with E-state index in [1.54, 1.807) is 32.9 Å². The van der Waals surface area contributed by atoms with E-state index in [0.717, 1.165) is 0 Å². The number of fused-ring (bicyclic) bond motifs is 2. The first-order chi connectivity index (χ1) is 11.7. The van der Waals surface area contributed by atoms with Gasteiger partial charge in [0, 0.05) is 11.5 Å². The van der Waals surface area contributed by atoms with Gasteiger partial charge in [-0.15, -0.1) is 0 Å². The minimum absolute atomic E-state index is 0.0276. The lowest BCUT2D eigenvalue weighted by atomic mass is 9.66. The van der Waals surface area contributed by atoms with Crippen molar-refractivity contribution in [1.29, 1.82) is 0 Å². The Balaban J connectivity index is 2.07. The second-order valence-electron chi connectivity index (χ2n) is 7.88. The summed E-state index contributed by atoms with van der Waals surface area (Å²) in [5.41, 5.74) is -0.365. The third-order valence-electron chi connectivity index (χ3n) is 6.47. The van der Waals surface area contributed by atoms with Gasteiger partial charge in [0.2, 0.25) is 0 Å². The Bertz CT molecular complexity index is 676. The van der Waals surface area contributed by atoms with Crippen LogP contribution in [0, 0.1) is 29.1 Å². The predicted molar refractivity (Wildman–Crippen MR) is 91.4 cm³/mol. The molecule has 25 heavy (non-hydrogen) atoms. The lowest BCUT2D eigenvalue weighted by molar-refractivity contribution is -0.163. The zero-order valence-electron chi connectivity index (χ0n) is 15.4. The van der Waals surface area contributed by atoms with Crippen LogP contribution < -0.4 is 0 Å². The zero-order valence-corrected chi connectivity index (χ0v) is 15.4. The van der Waals surface area contributed by atoms with Crippen molar-refractivity contribution in [3.8, 4) is 0 Å². The van der Waals surface area contributed by atoms with E-state index < -0.39 is 23.4 Å². The fourth-order valence-corrected chi connectivity index (χ4v) is 4.76. The standard InChI is InChI=1S/C20H26O5/c1-6-10(2)18(22)25-17-16-12(4)19(23)24-14(16)9-11(3)13-7-8-15(21)20(13,17)5/h6-8,11-14,16-17H,9H2,1-5H3/b10-6+/t11-,12+,13+,14-,16-,17?,20+/m1/s1. The predicted octanol–water partition coefficient (Wildman–Crippen LogP) is 2.84. The lowest BCUT2D eigenvalue weighted by Crippen LogP contribution is -2.50. The molecular weight excluding hydrogens is 320 g/mol. The Morgan fingerprint density at radius 3 is 2.68 bits per heavy atom. The molecule has 7 atom stereocenters. The van der Waals surface area contributed by atoms with Gasteiger partial charge in [-0.25, -0.2) is 4.79 Å². The van der Waals surface area contributed by atoms with Crippen LogP contribution in [0.15, 0.2) is 23.8 Å². The maximum atomic E-state index is 12.8. The summed E-state index contributed by atoms with van der Waals surface area (Å²) in [6, 6.07) is 0. The monoisotopic (exact) mass is 346 g/mol. The highest BCUT2D eigenvalue weighted by Gasteiger charge is 2.62. The normalized spacial score (nSPS) is 43.3. The first-order valence-electron chi connectivity index (χ1n) is 8.98. The van der Waals surface area contributed by atoms with Crippen molar-refractivity contribution in [2.45, 2.75) is 53.2 Å². The molecule has 0 aromatic carbocycles. The third-order valence-corrected chi connectivity index (χ3v) is 6.47. The SMILES string of the molecule is C/C=C(\C)C(=O)OC1[C@@H]2[C@H](C)C(=O)O[C@@H]2C[C@@H](C)[C@@H]2C=CC(=O)[C@@]12C. The topological polar surface area (TPSA) is 69.7 Å². The second kappa shape index (κ2) is 6.11. The highest BCUT2D eigenvalue weighted by molar-refractivity contribution is 5.99. The van der Waals surface area contributed by atoms with Gasteiger partial charge < -0.3 is 9.47 Å². The smallest absolute Gasteiger partial charge is 0.333 e. The van der Waals surface area contributed by atoms with Gasteiger partial charge in [0.1, 0.15) is 12.2 Å². The molecule has 1 saturated heterocycles. The molecule has 0 aromatic rings. The summed E-state index contributed by atoms with van der Waals surface area (Å²) in [5.74, 6) is -1.32. The summed E-state index contributed by atoms with van der Waals surface area (Å²) in [4.78, 5) is 37.5. The van der Waals surface area contributed by atoms with Crippen LogP contribution in [0.25, 0.3) is 0 Å². The second-order valence-corrected chi connectivity index (χ2v) is 7.88. The maximum absolute atomic E-state index is 12.8. The van der Waals surface area contributed by atoms with Crippen molar-refractivity contribution in [2.75, 3.05) is 0 Å². The van der Waals surface area contributed by atoms with Crippen LogP contribution in [0.1, 0.15) is 41.0 Å². The molecular formula is C20H26O5. The molecule has 5 heteroatoms. The molecule has 0 aromatic heterocycles. The molecule has 0 radical (unpaired) electrons. The fourth-order valence-electron chi connectivity index (χ4n) is 4.76. The molecule has 2 fully saturated rings. The van der Waals surface area contributed by atoms with E-state index in [9.17, 15) is 14.4 Å². The summed E-state index contributed by atoms with van der Waals surface area (Å²) in [6.07, 6.45) is 4.91. The number of carbonyl (C=O) groups is 3. The van der Waals surface area contributed by atoms with Gasteiger partial charge in [-0.1, -0.05) is 26.0 Å². The Morgan fingerprint density at radius 2 is 2.04 bits per heavy atom. The van der Waals surface area contributed by atoms with Gasteiger partial charge >= 0.3 is 11.9 Å². The van der Waals surface area contributed by atoms with Crippen LogP contribution >= 0.6 is 0 Å². The lowest BCUT2D eigenvalue weighted by Gasteiger charge is -2.40. The summed E-state index contributed by atoms with van der Waals surface area (Å²) in [6.45, 7) is 9.20. The summed E-state index contributed by atoms with van der Waals surface area (Å²) in [7, 11) is 0. The van der Waals surface area contributed by atoms with Crippen molar-refractivity contribution in [3.05, 3.63) is 23.8 Å². The molecule has 0 N–H and O–H groups in total. The fraction of sp³-hybridized carbons (Fsp3) is 0.650. The van der Waals surface area contributed by atoms with E-state index >= 15 is 0 Å². The van der Waals surface area contributed by atoms with E-state index in [4.69, 9.17) is 9.47 Å². The first-order valence-corrected chi connectivity index (χ1v) is 8.98. The van der Waals surface area contributed by atoms with E-state index in [0.29, 0.717) is 12.0 Å². The molecule has 1 saturated carbocycles. The van der Waals surface area contributed by atoms with Crippen molar-refractivity contribution in [1.82, 2.24) is 0 Å². The number of ketones is 1. The largest absolute Gasteiger partial charge is 0.462 e. The number of carbonyl (C=O) groups excluding carboxylic acids is 3. The molecule has 5 nitrogen and oxygen atoms in total. The van der Waals surface area contributed by atoms with Crippen LogP contribution in [-0.2, 0) is 23.9 Å². The quantitative estimate of drug-likeness (QED) is 0.568. The van der Waals surface area contributed by atoms with Gasteiger partial charge in [0.25, 0.3) is 0 Å². The number of allylic oxidation sites excluding steroid dienone is 3. The van der Waals surface area contributed by atoms with Gasteiger partial charge in [0.15, 0.2) is 5.78 Å². The summed E-state index contributed by atoms with van der Waals surface area (Å²) < 4.78 is 11.5. The van der Waals surface area contributed by atoms with Crippen molar-refractivity contribution in [3.63, 3.8) is 0 Å². The number of rotatable bonds is 2. The van der Waals surface area contributed by atoms with Gasteiger partial charge in [-0.2, -0.15) is 0 Å². The number of hydrogen-bond acceptors (Lipinski definition) is 5. The van der Waals surface area contributed by atoms with Gasteiger partial charge in [0.05, 0.1) is 11.3 Å². The Morgan fingerprint density at radius 1 is 1.36 bits per heavy atom. The maximum Gasteiger partial charge on any atom is 0.333 e. The number of ether oxygens (including phenoxy) is 2. The number of esters is 2. The minimum atomic E-state index is -0.856. The molecule has 1 aliphatic heterocycles. The molecule has 0 bridgehead atoms. The van der Waals surface area contributed by atoms with Crippen molar-refractivity contribution < 1.29 is 23.9 Å². The molecule has 0 spiro atoms.